The van der Waals surface area contributed by atoms with E-state index in [4.69, 9.17) is 0 Å². The third kappa shape index (κ3) is 4.16. The minimum Gasteiger partial charge on any atom is -0.354 e. The predicted molar refractivity (Wildman–Crippen MR) is 107 cm³/mol. The average Bonchev–Trinajstić information content (AvgIpc) is 2.69. The fourth-order valence-electron chi connectivity index (χ4n) is 5.21. The van der Waals surface area contributed by atoms with Crippen molar-refractivity contribution in [3.8, 4) is 0 Å². The molecule has 0 aromatic carbocycles. The highest BCUT2D eigenvalue weighted by atomic mass is 16.2. The van der Waals surface area contributed by atoms with Crippen molar-refractivity contribution in [3.63, 3.8) is 0 Å². The first-order valence-corrected chi connectivity index (χ1v) is 11.0. The van der Waals surface area contributed by atoms with Crippen molar-refractivity contribution < 1.29 is 9.59 Å². The van der Waals surface area contributed by atoms with Crippen LogP contribution in [0.25, 0.3) is 0 Å². The van der Waals surface area contributed by atoms with Gasteiger partial charge in [-0.1, -0.05) is 26.2 Å². The minimum absolute atomic E-state index is 0.0704. The summed E-state index contributed by atoms with van der Waals surface area (Å²) in [4.78, 5) is 32.6. The number of nitrogens with one attached hydrogen (secondary N) is 1. The first-order chi connectivity index (χ1) is 13.0. The fourth-order valence-corrected chi connectivity index (χ4v) is 5.21. The van der Waals surface area contributed by atoms with Crippen LogP contribution in [0, 0.1) is 5.41 Å². The Bertz CT molecular complexity index is 522. The minimum atomic E-state index is -0.400. The lowest BCUT2D eigenvalue weighted by molar-refractivity contribution is -0.185. The molecular formula is C21H38N4O2. The van der Waals surface area contributed by atoms with Crippen LogP contribution in [-0.2, 0) is 9.59 Å². The van der Waals surface area contributed by atoms with Gasteiger partial charge in [0.1, 0.15) is 6.04 Å². The molecule has 6 heteroatoms. The summed E-state index contributed by atoms with van der Waals surface area (Å²) in [6.07, 6.45) is 6.09. The van der Waals surface area contributed by atoms with Gasteiger partial charge >= 0.3 is 0 Å². The summed E-state index contributed by atoms with van der Waals surface area (Å²) >= 11 is 0. The van der Waals surface area contributed by atoms with Gasteiger partial charge in [0.15, 0.2) is 0 Å². The highest BCUT2D eigenvalue weighted by Crippen LogP contribution is 2.50. The molecular weight excluding hydrogens is 340 g/mol. The smallest absolute Gasteiger partial charge is 0.243 e. The first kappa shape index (κ1) is 20.6. The number of likely N-dealkylation sites (N-methyl/N-ethyl adjacent to an activating group) is 1. The Morgan fingerprint density at radius 2 is 1.74 bits per heavy atom. The van der Waals surface area contributed by atoms with Crippen molar-refractivity contribution in [3.05, 3.63) is 0 Å². The second-order valence-corrected chi connectivity index (χ2v) is 8.85. The van der Waals surface area contributed by atoms with Gasteiger partial charge in [0.2, 0.25) is 11.8 Å². The third-order valence-corrected chi connectivity index (χ3v) is 6.87. The van der Waals surface area contributed by atoms with Gasteiger partial charge in [-0.2, -0.15) is 0 Å². The lowest BCUT2D eigenvalue weighted by atomic mass is 9.61. The Morgan fingerprint density at radius 1 is 1.11 bits per heavy atom. The van der Waals surface area contributed by atoms with E-state index in [2.05, 4.69) is 22.0 Å². The Morgan fingerprint density at radius 3 is 2.33 bits per heavy atom. The molecule has 1 N–H and O–H groups in total. The van der Waals surface area contributed by atoms with Crippen LogP contribution in [0.5, 0.6) is 0 Å². The van der Waals surface area contributed by atoms with E-state index in [-0.39, 0.29) is 23.9 Å². The maximum atomic E-state index is 13.0. The number of nitrogens with zero attached hydrogens (tertiary/aromatic N) is 3. The van der Waals surface area contributed by atoms with Gasteiger partial charge in [-0.3, -0.25) is 9.59 Å². The van der Waals surface area contributed by atoms with E-state index in [1.54, 1.807) is 0 Å². The van der Waals surface area contributed by atoms with Crippen molar-refractivity contribution in [2.24, 2.45) is 5.41 Å². The van der Waals surface area contributed by atoms with Crippen molar-refractivity contribution in [2.75, 3.05) is 45.8 Å². The topological polar surface area (TPSA) is 55.9 Å². The third-order valence-electron chi connectivity index (χ3n) is 6.87. The van der Waals surface area contributed by atoms with E-state index in [9.17, 15) is 9.59 Å². The van der Waals surface area contributed by atoms with Gasteiger partial charge in [-0.15, -0.1) is 0 Å². The fraction of sp³-hybridized carbons (Fsp3) is 0.905. The quantitative estimate of drug-likeness (QED) is 0.541. The molecule has 6 nitrogen and oxygen atoms in total. The monoisotopic (exact) mass is 378 g/mol. The van der Waals surface area contributed by atoms with Crippen LogP contribution in [0.15, 0.2) is 0 Å². The Balaban J connectivity index is 1.46. The van der Waals surface area contributed by atoms with Crippen LogP contribution in [0.3, 0.4) is 0 Å². The summed E-state index contributed by atoms with van der Waals surface area (Å²) < 4.78 is 0. The Labute approximate surface area is 164 Å². The summed E-state index contributed by atoms with van der Waals surface area (Å²) in [6.45, 7) is 13.7. The standard InChI is InChI=1S/C21H38N4O2/c1-4-23-13-15-24(16-14-23)12-8-11-22-19(26)18-21(9-6-5-7-10-21)20(27)25(18)17(2)3/h17-18H,4-16H2,1-3H3,(H,22,26). The highest BCUT2D eigenvalue weighted by molar-refractivity contribution is 6.02. The summed E-state index contributed by atoms with van der Waals surface area (Å²) in [5, 5.41) is 3.15. The summed E-state index contributed by atoms with van der Waals surface area (Å²) in [5.41, 5.74) is -0.400. The van der Waals surface area contributed by atoms with E-state index in [0.717, 1.165) is 71.4 Å². The molecule has 1 atom stereocenters. The molecule has 1 unspecified atom stereocenters. The van der Waals surface area contributed by atoms with Crippen LogP contribution in [0.4, 0.5) is 0 Å². The zero-order chi connectivity index (χ0) is 19.4. The number of piperazine rings is 1. The van der Waals surface area contributed by atoms with Crippen molar-refractivity contribution in [2.45, 2.75) is 71.4 Å². The van der Waals surface area contributed by atoms with E-state index in [1.165, 1.54) is 6.42 Å². The summed E-state index contributed by atoms with van der Waals surface area (Å²) in [7, 11) is 0. The lowest BCUT2D eigenvalue weighted by Crippen LogP contribution is -2.75. The number of carbonyl (C=O) groups is 2. The van der Waals surface area contributed by atoms with Crippen molar-refractivity contribution in [1.82, 2.24) is 20.0 Å². The van der Waals surface area contributed by atoms with Crippen LogP contribution >= 0.6 is 0 Å². The second-order valence-electron chi connectivity index (χ2n) is 8.85. The van der Waals surface area contributed by atoms with Gasteiger partial charge in [-0.05, 0) is 46.2 Å². The molecule has 154 valence electrons. The molecule has 2 saturated heterocycles. The molecule has 0 aromatic heterocycles. The molecule has 1 saturated carbocycles. The van der Waals surface area contributed by atoms with Gasteiger partial charge < -0.3 is 20.0 Å². The van der Waals surface area contributed by atoms with Gasteiger partial charge in [0.05, 0.1) is 5.41 Å². The first-order valence-electron chi connectivity index (χ1n) is 11.0. The van der Waals surface area contributed by atoms with Crippen LogP contribution in [0.1, 0.15) is 59.3 Å². The number of carbonyl (C=O) groups excluding carboxylic acids is 2. The maximum Gasteiger partial charge on any atom is 0.243 e. The van der Waals surface area contributed by atoms with E-state index in [0.29, 0.717) is 6.54 Å². The second kappa shape index (κ2) is 8.91. The number of hydrogen-bond acceptors (Lipinski definition) is 4. The molecule has 0 bridgehead atoms. The SMILES string of the molecule is CCN1CCN(CCCNC(=O)C2N(C(C)C)C(=O)C23CCCCC3)CC1. The average molecular weight is 379 g/mol. The van der Waals surface area contributed by atoms with Crippen molar-refractivity contribution in [1.29, 1.82) is 0 Å². The molecule has 1 aliphatic carbocycles. The number of β-lactam (4-membered cyclic amide) rings is 1. The Hall–Kier alpha value is -1.14. The molecule has 27 heavy (non-hydrogen) atoms. The molecule has 1 spiro atoms. The van der Waals surface area contributed by atoms with Gasteiger partial charge in [0, 0.05) is 38.8 Å². The van der Waals surface area contributed by atoms with E-state index >= 15 is 0 Å². The molecule has 0 aromatic rings. The molecule has 2 aliphatic heterocycles. The highest BCUT2D eigenvalue weighted by Gasteiger charge is 2.63. The normalized spacial score (nSPS) is 26.4. The number of amides is 2. The molecule has 3 aliphatic rings. The zero-order valence-corrected chi connectivity index (χ0v) is 17.5. The Kier molecular flexibility index (Phi) is 6.79. The van der Waals surface area contributed by atoms with Gasteiger partial charge in [0.25, 0.3) is 0 Å². The molecule has 0 radical (unpaired) electrons. The predicted octanol–water partition coefficient (Wildman–Crippen LogP) is 1.70. The van der Waals surface area contributed by atoms with E-state index in [1.807, 2.05) is 18.7 Å². The molecule has 2 heterocycles. The molecule has 3 fully saturated rings. The molecule has 2 amide bonds. The van der Waals surface area contributed by atoms with E-state index < -0.39 is 5.41 Å². The maximum absolute atomic E-state index is 13.0. The summed E-state index contributed by atoms with van der Waals surface area (Å²) in [6, 6.07) is -0.158. The van der Waals surface area contributed by atoms with Crippen molar-refractivity contribution >= 4 is 11.8 Å². The lowest BCUT2D eigenvalue weighted by Gasteiger charge is -2.58. The number of rotatable bonds is 7. The largest absolute Gasteiger partial charge is 0.354 e. The number of hydrogen-bond donors (Lipinski definition) is 1. The molecule has 3 rings (SSSR count). The van der Waals surface area contributed by atoms with Crippen LogP contribution < -0.4 is 5.32 Å². The van der Waals surface area contributed by atoms with Gasteiger partial charge in [-0.25, -0.2) is 0 Å². The van der Waals surface area contributed by atoms with Crippen LogP contribution in [-0.4, -0.2) is 84.4 Å². The zero-order valence-electron chi connectivity index (χ0n) is 17.5. The summed E-state index contributed by atoms with van der Waals surface area (Å²) in [5.74, 6) is 0.284. The number of likely N-dealkylation sites (tertiary alicyclic amines) is 1. The van der Waals surface area contributed by atoms with Crippen LogP contribution in [0.2, 0.25) is 0 Å².